The molecule has 0 saturated heterocycles. The van der Waals surface area contributed by atoms with Crippen molar-refractivity contribution in [2.24, 2.45) is 0 Å². The lowest BCUT2D eigenvalue weighted by Gasteiger charge is -2.17. The molecule has 1 aromatic carbocycles. The average Bonchev–Trinajstić information content (AvgIpc) is 2.12. The minimum absolute atomic E-state index is 0.268. The number of nitrogens with two attached hydrogens (primary N) is 1. The molecule has 0 aliphatic heterocycles. The van der Waals surface area contributed by atoms with Crippen LogP contribution in [0.15, 0.2) is 12.1 Å². The maximum Gasteiger partial charge on any atom is 0.163 e. The van der Waals surface area contributed by atoms with Crippen molar-refractivity contribution in [1.29, 1.82) is 0 Å². The highest BCUT2D eigenvalue weighted by Gasteiger charge is 2.18. The van der Waals surface area contributed by atoms with Crippen LogP contribution in [0.3, 0.4) is 0 Å². The standard InChI is InChI=1S/C11H13NO/c1-7-8-3-2-4-11(13)9(8)5-6-10(7)12/h5-6H,2-4,12H2,1H3. The molecule has 0 heterocycles. The van der Waals surface area contributed by atoms with E-state index in [9.17, 15) is 4.79 Å². The number of rotatable bonds is 0. The van der Waals surface area contributed by atoms with E-state index in [1.54, 1.807) is 0 Å². The van der Waals surface area contributed by atoms with Gasteiger partial charge in [0.25, 0.3) is 0 Å². The van der Waals surface area contributed by atoms with Crippen LogP contribution >= 0.6 is 0 Å². The Labute approximate surface area is 77.8 Å². The number of carbonyl (C=O) groups excluding carboxylic acids is 1. The highest BCUT2D eigenvalue weighted by Crippen LogP contribution is 2.27. The number of benzene rings is 1. The van der Waals surface area contributed by atoms with Gasteiger partial charge in [0, 0.05) is 17.7 Å². The van der Waals surface area contributed by atoms with Crippen molar-refractivity contribution in [3.05, 3.63) is 28.8 Å². The zero-order valence-corrected chi connectivity index (χ0v) is 7.76. The van der Waals surface area contributed by atoms with Crippen molar-refractivity contribution in [3.63, 3.8) is 0 Å². The molecule has 1 aliphatic carbocycles. The molecular formula is C11H13NO. The molecule has 0 bridgehead atoms. The van der Waals surface area contributed by atoms with Gasteiger partial charge < -0.3 is 5.73 Å². The molecule has 2 nitrogen and oxygen atoms in total. The highest BCUT2D eigenvalue weighted by atomic mass is 16.1. The van der Waals surface area contributed by atoms with Crippen LogP contribution in [-0.4, -0.2) is 5.78 Å². The molecule has 2 N–H and O–H groups in total. The SMILES string of the molecule is Cc1c(N)ccc2c1CCCC2=O. The Morgan fingerprint density at radius 1 is 1.31 bits per heavy atom. The molecule has 0 atom stereocenters. The largest absolute Gasteiger partial charge is 0.399 e. The summed E-state index contributed by atoms with van der Waals surface area (Å²) in [6.07, 6.45) is 2.66. The third-order valence-corrected chi connectivity index (χ3v) is 2.77. The Hall–Kier alpha value is -1.31. The zero-order valence-electron chi connectivity index (χ0n) is 7.76. The molecule has 0 unspecified atom stereocenters. The summed E-state index contributed by atoms with van der Waals surface area (Å²) in [4.78, 5) is 11.5. The molecular weight excluding hydrogens is 162 g/mol. The Kier molecular flexibility index (Phi) is 1.83. The number of hydrogen-bond donors (Lipinski definition) is 1. The van der Waals surface area contributed by atoms with E-state index >= 15 is 0 Å². The first-order valence-electron chi connectivity index (χ1n) is 4.61. The lowest BCUT2D eigenvalue weighted by Crippen LogP contribution is -2.13. The van der Waals surface area contributed by atoms with E-state index in [1.165, 1.54) is 0 Å². The van der Waals surface area contributed by atoms with Gasteiger partial charge in [-0.1, -0.05) is 0 Å². The van der Waals surface area contributed by atoms with Gasteiger partial charge in [0.2, 0.25) is 0 Å². The van der Waals surface area contributed by atoms with E-state index in [0.717, 1.165) is 35.2 Å². The second-order valence-corrected chi connectivity index (χ2v) is 3.58. The molecule has 2 rings (SSSR count). The van der Waals surface area contributed by atoms with Crippen LogP contribution in [0.5, 0.6) is 0 Å². The summed E-state index contributed by atoms with van der Waals surface area (Å²) in [5, 5.41) is 0. The third-order valence-electron chi connectivity index (χ3n) is 2.77. The molecule has 1 aliphatic rings. The molecule has 68 valence electrons. The van der Waals surface area contributed by atoms with E-state index in [-0.39, 0.29) is 5.78 Å². The minimum Gasteiger partial charge on any atom is -0.399 e. The van der Waals surface area contributed by atoms with Gasteiger partial charge in [-0.15, -0.1) is 0 Å². The van der Waals surface area contributed by atoms with Crippen molar-refractivity contribution in [3.8, 4) is 0 Å². The topological polar surface area (TPSA) is 43.1 Å². The van der Waals surface area contributed by atoms with Crippen molar-refractivity contribution in [1.82, 2.24) is 0 Å². The highest BCUT2D eigenvalue weighted by molar-refractivity contribution is 5.99. The summed E-state index contributed by atoms with van der Waals surface area (Å²) in [6.45, 7) is 1.99. The Morgan fingerprint density at radius 3 is 2.85 bits per heavy atom. The third kappa shape index (κ3) is 1.22. The van der Waals surface area contributed by atoms with E-state index in [4.69, 9.17) is 5.73 Å². The average molecular weight is 175 g/mol. The second-order valence-electron chi connectivity index (χ2n) is 3.58. The quantitative estimate of drug-likeness (QED) is 0.613. The first-order valence-corrected chi connectivity index (χ1v) is 4.61. The van der Waals surface area contributed by atoms with E-state index in [2.05, 4.69) is 0 Å². The number of hydrogen-bond acceptors (Lipinski definition) is 2. The van der Waals surface area contributed by atoms with E-state index in [0.29, 0.717) is 6.42 Å². The summed E-state index contributed by atoms with van der Waals surface area (Å²) in [5.74, 6) is 0.268. The van der Waals surface area contributed by atoms with Crippen molar-refractivity contribution in [2.75, 3.05) is 5.73 Å². The Bertz CT molecular complexity index is 369. The van der Waals surface area contributed by atoms with Crippen LogP contribution in [-0.2, 0) is 6.42 Å². The molecule has 0 saturated carbocycles. The van der Waals surface area contributed by atoms with Gasteiger partial charge in [-0.05, 0) is 43.0 Å². The van der Waals surface area contributed by atoms with Gasteiger partial charge in [-0.3, -0.25) is 4.79 Å². The van der Waals surface area contributed by atoms with Crippen LogP contribution in [0.2, 0.25) is 0 Å². The van der Waals surface area contributed by atoms with E-state index < -0.39 is 0 Å². The molecule has 13 heavy (non-hydrogen) atoms. The minimum atomic E-state index is 0.268. The lowest BCUT2D eigenvalue weighted by molar-refractivity contribution is 0.0972. The van der Waals surface area contributed by atoms with Gasteiger partial charge in [0.15, 0.2) is 5.78 Å². The number of ketones is 1. The smallest absolute Gasteiger partial charge is 0.163 e. The predicted octanol–water partition coefficient (Wildman–Crippen LogP) is 2.10. The normalized spacial score (nSPS) is 15.6. The number of anilines is 1. The summed E-state index contributed by atoms with van der Waals surface area (Å²) < 4.78 is 0. The fourth-order valence-electron chi connectivity index (χ4n) is 1.92. The number of Topliss-reactive ketones (excluding diaryl/α,β-unsaturated/α-hetero) is 1. The maximum absolute atomic E-state index is 11.5. The predicted molar refractivity (Wildman–Crippen MR) is 52.9 cm³/mol. The van der Waals surface area contributed by atoms with Crippen LogP contribution in [0.4, 0.5) is 5.69 Å². The van der Waals surface area contributed by atoms with Crippen molar-refractivity contribution >= 4 is 11.5 Å². The van der Waals surface area contributed by atoms with Crippen molar-refractivity contribution in [2.45, 2.75) is 26.2 Å². The van der Waals surface area contributed by atoms with Gasteiger partial charge in [0.05, 0.1) is 0 Å². The van der Waals surface area contributed by atoms with E-state index in [1.807, 2.05) is 19.1 Å². The number of nitrogen functional groups attached to an aromatic ring is 1. The molecule has 0 amide bonds. The zero-order chi connectivity index (χ0) is 9.42. The molecule has 0 aromatic heterocycles. The second kappa shape index (κ2) is 2.87. The fraction of sp³-hybridized carbons (Fsp3) is 0.364. The molecule has 0 fully saturated rings. The monoisotopic (exact) mass is 175 g/mol. The summed E-state index contributed by atoms with van der Waals surface area (Å²) in [7, 11) is 0. The van der Waals surface area contributed by atoms with Crippen LogP contribution < -0.4 is 5.73 Å². The first-order chi connectivity index (χ1) is 6.20. The van der Waals surface area contributed by atoms with Crippen LogP contribution in [0.25, 0.3) is 0 Å². The fourth-order valence-corrected chi connectivity index (χ4v) is 1.92. The molecule has 2 heteroatoms. The van der Waals surface area contributed by atoms with Crippen molar-refractivity contribution < 1.29 is 4.79 Å². The van der Waals surface area contributed by atoms with Gasteiger partial charge in [0.1, 0.15) is 0 Å². The summed E-state index contributed by atoms with van der Waals surface area (Å²) >= 11 is 0. The maximum atomic E-state index is 11.5. The Balaban J connectivity index is 2.63. The summed E-state index contributed by atoms with van der Waals surface area (Å²) in [5.41, 5.74) is 9.72. The first kappa shape index (κ1) is 8.30. The van der Waals surface area contributed by atoms with Gasteiger partial charge in [-0.2, -0.15) is 0 Å². The molecule has 0 radical (unpaired) electrons. The number of carbonyl (C=O) groups is 1. The summed E-state index contributed by atoms with van der Waals surface area (Å²) in [6, 6.07) is 3.69. The lowest BCUT2D eigenvalue weighted by atomic mass is 9.87. The Morgan fingerprint density at radius 2 is 2.08 bits per heavy atom. The van der Waals surface area contributed by atoms with Gasteiger partial charge >= 0.3 is 0 Å². The molecule has 1 aromatic rings. The number of fused-ring (bicyclic) bond motifs is 1. The van der Waals surface area contributed by atoms with Gasteiger partial charge in [-0.25, -0.2) is 0 Å². The molecule has 0 spiro atoms. The van der Waals surface area contributed by atoms with Crippen LogP contribution in [0.1, 0.15) is 34.3 Å². The van der Waals surface area contributed by atoms with Crippen LogP contribution in [0, 0.1) is 6.92 Å².